The average Bonchev–Trinajstić information content (AvgIpc) is 3.23. The Kier molecular flexibility index (Phi) is 6.22. The maximum atomic E-state index is 12.7. The highest BCUT2D eigenvalue weighted by Crippen LogP contribution is 2.13. The molecule has 0 aliphatic carbocycles. The minimum absolute atomic E-state index is 0.132. The Morgan fingerprint density at radius 1 is 0.963 bits per heavy atom. The molecule has 0 fully saturated rings. The summed E-state index contributed by atoms with van der Waals surface area (Å²) in [5.74, 6) is -0.743. The zero-order valence-electron chi connectivity index (χ0n) is 14.3. The van der Waals surface area contributed by atoms with Gasteiger partial charge >= 0.3 is 0 Å². The molecule has 0 aliphatic heterocycles. The van der Waals surface area contributed by atoms with Gasteiger partial charge in [0, 0.05) is 11.0 Å². The number of rotatable bonds is 6. The lowest BCUT2D eigenvalue weighted by Gasteiger charge is -2.10. The van der Waals surface area contributed by atoms with Crippen molar-refractivity contribution in [3.8, 4) is 0 Å². The lowest BCUT2D eigenvalue weighted by Crippen LogP contribution is -2.34. The number of carbonyl (C=O) groups excluding carboxylic acids is 2. The zero-order chi connectivity index (χ0) is 19.1. The molecule has 2 amide bonds. The van der Waals surface area contributed by atoms with Gasteiger partial charge < -0.3 is 15.1 Å². The average molecular weight is 425 g/mol. The van der Waals surface area contributed by atoms with E-state index in [-0.39, 0.29) is 17.4 Å². The van der Waals surface area contributed by atoms with Crippen molar-refractivity contribution in [1.82, 2.24) is 10.6 Å². The number of amides is 2. The van der Waals surface area contributed by atoms with Crippen LogP contribution in [0, 0.1) is 0 Å². The third-order valence-corrected chi connectivity index (χ3v) is 4.24. The fourth-order valence-electron chi connectivity index (χ4n) is 2.35. The number of carbonyl (C=O) groups is 2. The molecule has 6 heteroatoms. The molecule has 0 unspecified atom stereocenters. The first-order valence-electron chi connectivity index (χ1n) is 8.26. The van der Waals surface area contributed by atoms with Crippen LogP contribution in [0.25, 0.3) is 6.08 Å². The van der Waals surface area contributed by atoms with E-state index >= 15 is 0 Å². The Morgan fingerprint density at radius 3 is 2.37 bits per heavy atom. The summed E-state index contributed by atoms with van der Waals surface area (Å²) in [6.45, 7) is 0.355. The largest absolute Gasteiger partial charge is 0.459 e. The summed E-state index contributed by atoms with van der Waals surface area (Å²) in [7, 11) is 0. The molecule has 1 heterocycles. The topological polar surface area (TPSA) is 71.3 Å². The predicted octanol–water partition coefficient (Wildman–Crippen LogP) is 4.13. The summed E-state index contributed by atoms with van der Waals surface area (Å²) in [5.41, 5.74) is 1.88. The number of nitrogens with one attached hydrogen (secondary N) is 2. The van der Waals surface area contributed by atoms with Crippen LogP contribution in [0.2, 0.25) is 0 Å². The van der Waals surface area contributed by atoms with Crippen molar-refractivity contribution in [2.45, 2.75) is 6.54 Å². The van der Waals surface area contributed by atoms with Gasteiger partial charge in [0.25, 0.3) is 11.8 Å². The smallest absolute Gasteiger partial charge is 0.291 e. The van der Waals surface area contributed by atoms with E-state index in [2.05, 4.69) is 26.6 Å². The monoisotopic (exact) mass is 424 g/mol. The number of benzene rings is 2. The second kappa shape index (κ2) is 9.00. The highest BCUT2D eigenvalue weighted by Gasteiger charge is 2.16. The molecule has 3 rings (SSSR count). The van der Waals surface area contributed by atoms with E-state index in [9.17, 15) is 9.59 Å². The van der Waals surface area contributed by atoms with E-state index in [1.807, 2.05) is 54.6 Å². The number of hydrogen-bond acceptors (Lipinski definition) is 3. The summed E-state index contributed by atoms with van der Waals surface area (Å²) in [6, 6.07) is 20.1. The fourth-order valence-corrected chi connectivity index (χ4v) is 2.61. The number of hydrogen-bond donors (Lipinski definition) is 2. The quantitative estimate of drug-likeness (QED) is 0.584. The first-order valence-corrected chi connectivity index (χ1v) is 9.05. The van der Waals surface area contributed by atoms with Gasteiger partial charge in [0.1, 0.15) is 5.70 Å². The Labute approximate surface area is 165 Å². The molecule has 2 aromatic carbocycles. The molecule has 1 aromatic heterocycles. The molecule has 3 aromatic rings. The second-order valence-electron chi connectivity index (χ2n) is 5.71. The van der Waals surface area contributed by atoms with E-state index < -0.39 is 5.91 Å². The van der Waals surface area contributed by atoms with Gasteiger partial charge in [-0.2, -0.15) is 0 Å². The molecule has 0 saturated carbocycles. The summed E-state index contributed by atoms with van der Waals surface area (Å²) in [5, 5.41) is 5.44. The Morgan fingerprint density at radius 2 is 1.70 bits per heavy atom. The zero-order valence-corrected chi connectivity index (χ0v) is 15.9. The third-order valence-electron chi connectivity index (χ3n) is 3.71. The lowest BCUT2D eigenvalue weighted by atomic mass is 10.1. The first-order chi connectivity index (χ1) is 13.1. The van der Waals surface area contributed by atoms with Crippen LogP contribution >= 0.6 is 15.9 Å². The van der Waals surface area contributed by atoms with Crippen molar-refractivity contribution in [2.24, 2.45) is 0 Å². The normalized spacial score (nSPS) is 11.1. The fraction of sp³-hybridized carbons (Fsp3) is 0.0476. The van der Waals surface area contributed by atoms with Gasteiger partial charge in [-0.3, -0.25) is 9.59 Å². The van der Waals surface area contributed by atoms with E-state index in [0.29, 0.717) is 6.54 Å². The van der Waals surface area contributed by atoms with Crippen LogP contribution in [0.4, 0.5) is 0 Å². The van der Waals surface area contributed by atoms with Gasteiger partial charge in [-0.25, -0.2) is 0 Å². The maximum Gasteiger partial charge on any atom is 0.291 e. The molecule has 2 N–H and O–H groups in total. The summed E-state index contributed by atoms with van der Waals surface area (Å²) in [4.78, 5) is 25.0. The van der Waals surface area contributed by atoms with Gasteiger partial charge in [-0.15, -0.1) is 0 Å². The lowest BCUT2D eigenvalue weighted by molar-refractivity contribution is -0.117. The first kappa shape index (κ1) is 18.7. The van der Waals surface area contributed by atoms with E-state index in [4.69, 9.17) is 4.42 Å². The predicted molar refractivity (Wildman–Crippen MR) is 107 cm³/mol. The Balaban J connectivity index is 1.78. The summed E-state index contributed by atoms with van der Waals surface area (Å²) < 4.78 is 6.02. The molecule has 27 heavy (non-hydrogen) atoms. The van der Waals surface area contributed by atoms with Gasteiger partial charge in [0.15, 0.2) is 5.76 Å². The molecular formula is C21H17BrN2O3. The van der Waals surface area contributed by atoms with Crippen LogP contribution in [-0.2, 0) is 11.3 Å². The standard InChI is InChI=1S/C21H17BrN2O3/c22-17-10-8-15(9-11-17)13-18(24-21(26)19-7-4-12-27-19)20(25)23-14-16-5-2-1-3-6-16/h1-13H,14H2,(H,23,25)(H,24,26)/b18-13+. The van der Waals surface area contributed by atoms with E-state index in [1.165, 1.54) is 12.3 Å². The van der Waals surface area contributed by atoms with Crippen molar-refractivity contribution < 1.29 is 14.0 Å². The van der Waals surface area contributed by atoms with E-state index in [1.54, 1.807) is 12.1 Å². The molecule has 0 bridgehead atoms. The highest BCUT2D eigenvalue weighted by molar-refractivity contribution is 9.10. The second-order valence-corrected chi connectivity index (χ2v) is 6.62. The van der Waals surface area contributed by atoms with Crippen LogP contribution < -0.4 is 10.6 Å². The molecule has 0 spiro atoms. The Hall–Kier alpha value is -3.12. The maximum absolute atomic E-state index is 12.7. The van der Waals surface area contributed by atoms with Crippen molar-refractivity contribution >= 4 is 33.8 Å². The van der Waals surface area contributed by atoms with Crippen LogP contribution in [0.5, 0.6) is 0 Å². The molecule has 5 nitrogen and oxygen atoms in total. The van der Waals surface area contributed by atoms with Gasteiger partial charge in [-0.1, -0.05) is 58.4 Å². The summed E-state index contributed by atoms with van der Waals surface area (Å²) in [6.07, 6.45) is 3.02. The molecule has 0 radical (unpaired) electrons. The molecule has 136 valence electrons. The van der Waals surface area contributed by atoms with Gasteiger partial charge in [0.2, 0.25) is 0 Å². The van der Waals surface area contributed by atoms with Crippen molar-refractivity contribution in [1.29, 1.82) is 0 Å². The SMILES string of the molecule is O=C(NCc1ccccc1)/C(=C\c1ccc(Br)cc1)NC(=O)c1ccco1. The van der Waals surface area contributed by atoms with Crippen molar-refractivity contribution in [2.75, 3.05) is 0 Å². The molecular weight excluding hydrogens is 408 g/mol. The van der Waals surface area contributed by atoms with Crippen LogP contribution in [0.1, 0.15) is 21.7 Å². The highest BCUT2D eigenvalue weighted by atomic mass is 79.9. The molecule has 0 aliphatic rings. The van der Waals surface area contributed by atoms with Gasteiger partial charge in [0.05, 0.1) is 6.26 Å². The summed E-state index contributed by atoms with van der Waals surface area (Å²) >= 11 is 3.38. The van der Waals surface area contributed by atoms with Crippen LogP contribution in [0.3, 0.4) is 0 Å². The Bertz CT molecular complexity index is 933. The number of halogens is 1. The van der Waals surface area contributed by atoms with Crippen LogP contribution in [-0.4, -0.2) is 11.8 Å². The minimum Gasteiger partial charge on any atom is -0.459 e. The third kappa shape index (κ3) is 5.43. The van der Waals surface area contributed by atoms with E-state index in [0.717, 1.165) is 15.6 Å². The van der Waals surface area contributed by atoms with Crippen LogP contribution in [0.15, 0.2) is 87.6 Å². The minimum atomic E-state index is -0.488. The van der Waals surface area contributed by atoms with Crippen molar-refractivity contribution in [3.05, 3.63) is 100 Å². The van der Waals surface area contributed by atoms with Gasteiger partial charge in [-0.05, 0) is 41.5 Å². The molecule has 0 saturated heterocycles. The number of furan rings is 1. The molecule has 0 atom stereocenters. The van der Waals surface area contributed by atoms with Crippen molar-refractivity contribution in [3.63, 3.8) is 0 Å².